The van der Waals surface area contributed by atoms with Crippen molar-refractivity contribution in [2.75, 3.05) is 31.6 Å². The molecule has 2 aromatic carbocycles. The Morgan fingerprint density at radius 1 is 1.12 bits per heavy atom. The van der Waals surface area contributed by atoms with Crippen LogP contribution in [0.2, 0.25) is 0 Å². The zero-order valence-corrected chi connectivity index (χ0v) is 23.4. The Hall–Kier alpha value is -3.88. The highest BCUT2D eigenvalue weighted by atomic mass is 16.5. The van der Waals surface area contributed by atoms with Crippen LogP contribution in [0.5, 0.6) is 11.6 Å². The van der Waals surface area contributed by atoms with E-state index in [0.717, 1.165) is 90.9 Å². The number of nitrogens with one attached hydrogen (secondary N) is 2. The first-order valence-electron chi connectivity index (χ1n) is 14.6. The molecule has 1 spiro atoms. The molecule has 1 saturated carbocycles. The summed E-state index contributed by atoms with van der Waals surface area (Å²) in [6, 6.07) is 16.3. The van der Waals surface area contributed by atoms with Crippen LogP contribution >= 0.6 is 0 Å². The molecule has 2 aromatic heterocycles. The Morgan fingerprint density at radius 3 is 2.93 bits per heavy atom. The highest BCUT2D eigenvalue weighted by molar-refractivity contribution is 5.96. The average Bonchev–Trinajstić information content (AvgIpc) is 3.51. The molecule has 8 heteroatoms. The Balaban J connectivity index is 1.17. The molecule has 3 aliphatic rings. The predicted molar refractivity (Wildman–Crippen MR) is 158 cm³/mol. The van der Waals surface area contributed by atoms with Gasteiger partial charge in [0.25, 0.3) is 0 Å². The van der Waals surface area contributed by atoms with Crippen molar-refractivity contribution >= 4 is 22.5 Å². The molecule has 210 valence electrons. The molecule has 2 unspecified atom stereocenters. The highest BCUT2D eigenvalue weighted by Crippen LogP contribution is 2.58. The molecular formula is C33H35N5O3. The molecule has 4 aromatic rings. The van der Waals surface area contributed by atoms with E-state index < -0.39 is 0 Å². The van der Waals surface area contributed by atoms with Gasteiger partial charge < -0.3 is 20.1 Å². The fourth-order valence-electron chi connectivity index (χ4n) is 6.47. The molecule has 3 atom stereocenters. The summed E-state index contributed by atoms with van der Waals surface area (Å²) in [6.45, 7) is 5.49. The predicted octanol–water partition coefficient (Wildman–Crippen LogP) is 5.49. The van der Waals surface area contributed by atoms with Crippen molar-refractivity contribution in [1.29, 1.82) is 0 Å². The van der Waals surface area contributed by atoms with E-state index in [9.17, 15) is 4.79 Å². The Bertz CT molecular complexity index is 1590. The van der Waals surface area contributed by atoms with Crippen molar-refractivity contribution in [3.8, 4) is 22.9 Å². The van der Waals surface area contributed by atoms with Crippen molar-refractivity contribution in [2.45, 2.75) is 45.1 Å². The smallest absolute Gasteiger partial charge is 0.228 e. The minimum absolute atomic E-state index is 0.103. The molecule has 2 aliphatic heterocycles. The zero-order chi connectivity index (χ0) is 27.8. The van der Waals surface area contributed by atoms with E-state index in [1.165, 1.54) is 0 Å². The Morgan fingerprint density at radius 2 is 2.07 bits per heavy atom. The lowest BCUT2D eigenvalue weighted by Gasteiger charge is -2.23. The van der Waals surface area contributed by atoms with Gasteiger partial charge in [-0.15, -0.1) is 0 Å². The Kier molecular flexibility index (Phi) is 6.88. The van der Waals surface area contributed by atoms with Gasteiger partial charge in [0.1, 0.15) is 11.5 Å². The van der Waals surface area contributed by atoms with Crippen molar-refractivity contribution in [3.63, 3.8) is 0 Å². The summed E-state index contributed by atoms with van der Waals surface area (Å²) in [7, 11) is 0. The van der Waals surface area contributed by atoms with Gasteiger partial charge in [0.15, 0.2) is 0 Å². The number of hydrogen-bond acceptors (Lipinski definition) is 8. The number of ether oxygens (including phenoxy) is 2. The number of hydrogen-bond donors (Lipinski definition) is 2. The Labute approximate surface area is 239 Å². The molecule has 41 heavy (non-hydrogen) atoms. The van der Waals surface area contributed by atoms with Gasteiger partial charge in [-0.1, -0.05) is 30.3 Å². The first-order valence-corrected chi connectivity index (χ1v) is 14.6. The summed E-state index contributed by atoms with van der Waals surface area (Å²) < 4.78 is 12.2. The van der Waals surface area contributed by atoms with Crippen LogP contribution in [0.3, 0.4) is 0 Å². The normalized spacial score (nSPS) is 23.5. The first-order chi connectivity index (χ1) is 20.1. The standard InChI is InChI=1S/C33H35N5O3/c1-21-9-10-24-22(17-29(39)27-18-33(27)12-16-40-20-33)5-2-7-25(24)30(21)41-31-26(8-4-14-35-31)28-11-15-36-32(38-28)37-23-6-3-13-34-19-23/h2,4-5,7-11,14-15,23,27,34H,3,6,12-13,16-20H2,1H3,(H,36,37,38)/t23-,27?,33?/m0/s1. The summed E-state index contributed by atoms with van der Waals surface area (Å²) in [5.74, 6) is 2.26. The summed E-state index contributed by atoms with van der Waals surface area (Å²) in [4.78, 5) is 27.1. The number of nitrogens with zero attached hydrogens (tertiary/aromatic N) is 3. The molecule has 8 nitrogen and oxygen atoms in total. The van der Waals surface area contributed by atoms with Gasteiger partial charge in [0.2, 0.25) is 11.8 Å². The molecule has 0 radical (unpaired) electrons. The van der Waals surface area contributed by atoms with Crippen LogP contribution in [-0.2, 0) is 16.0 Å². The maximum Gasteiger partial charge on any atom is 0.228 e. The van der Waals surface area contributed by atoms with Crippen LogP contribution in [0, 0.1) is 18.3 Å². The SMILES string of the molecule is Cc1ccc2c(CC(=O)C3CC34CCOC4)cccc2c1Oc1ncccc1-c1ccnc(N[C@H]2CCCNC2)n1. The van der Waals surface area contributed by atoms with Crippen LogP contribution in [-0.4, -0.2) is 53.1 Å². The van der Waals surface area contributed by atoms with Crippen LogP contribution in [0.15, 0.2) is 60.9 Å². The molecule has 0 amide bonds. The van der Waals surface area contributed by atoms with Gasteiger partial charge in [-0.2, -0.15) is 0 Å². The zero-order valence-electron chi connectivity index (χ0n) is 23.4. The van der Waals surface area contributed by atoms with E-state index in [-0.39, 0.29) is 11.3 Å². The number of carbonyl (C=O) groups excluding carboxylic acids is 1. The quantitative estimate of drug-likeness (QED) is 0.298. The molecule has 2 saturated heterocycles. The van der Waals surface area contributed by atoms with E-state index in [0.29, 0.717) is 30.1 Å². The number of rotatable bonds is 8. The number of carbonyl (C=O) groups is 1. The lowest BCUT2D eigenvalue weighted by molar-refractivity contribution is -0.120. The average molecular weight is 550 g/mol. The summed E-state index contributed by atoms with van der Waals surface area (Å²) in [5, 5.41) is 8.89. The number of benzene rings is 2. The van der Waals surface area contributed by atoms with Gasteiger partial charge in [-0.25, -0.2) is 15.0 Å². The van der Waals surface area contributed by atoms with Gasteiger partial charge in [0, 0.05) is 54.7 Å². The largest absolute Gasteiger partial charge is 0.437 e. The number of aryl methyl sites for hydroxylation is 1. The number of aromatic nitrogens is 3. The lowest BCUT2D eigenvalue weighted by Crippen LogP contribution is -2.38. The molecular weight excluding hydrogens is 514 g/mol. The van der Waals surface area contributed by atoms with E-state index in [2.05, 4.69) is 44.9 Å². The molecule has 1 aliphatic carbocycles. The van der Waals surface area contributed by atoms with Crippen LogP contribution in [0.4, 0.5) is 5.95 Å². The van der Waals surface area contributed by atoms with Crippen LogP contribution < -0.4 is 15.4 Å². The second kappa shape index (κ2) is 10.8. The van der Waals surface area contributed by atoms with E-state index in [4.69, 9.17) is 14.5 Å². The fraction of sp³-hybridized carbons (Fsp3) is 0.394. The van der Waals surface area contributed by atoms with E-state index in [1.807, 2.05) is 31.2 Å². The van der Waals surface area contributed by atoms with Gasteiger partial charge in [-0.3, -0.25) is 4.79 Å². The maximum atomic E-state index is 13.3. The molecule has 4 heterocycles. The molecule has 0 bridgehead atoms. The minimum Gasteiger partial charge on any atom is -0.437 e. The van der Waals surface area contributed by atoms with Gasteiger partial charge in [-0.05, 0) is 73.9 Å². The van der Waals surface area contributed by atoms with Crippen LogP contribution in [0.25, 0.3) is 22.0 Å². The number of Topliss-reactive ketones (excluding diaryl/α,β-unsaturated/α-hetero) is 1. The first kappa shape index (κ1) is 26.0. The van der Waals surface area contributed by atoms with Crippen molar-refractivity contribution in [1.82, 2.24) is 20.3 Å². The van der Waals surface area contributed by atoms with Gasteiger partial charge in [0.05, 0.1) is 17.9 Å². The second-order valence-electron chi connectivity index (χ2n) is 11.7. The molecule has 3 fully saturated rings. The number of piperidine rings is 1. The van der Waals surface area contributed by atoms with E-state index in [1.54, 1.807) is 12.4 Å². The monoisotopic (exact) mass is 549 g/mol. The third-order valence-electron chi connectivity index (χ3n) is 8.91. The van der Waals surface area contributed by atoms with E-state index >= 15 is 0 Å². The third kappa shape index (κ3) is 5.18. The van der Waals surface area contributed by atoms with Crippen molar-refractivity contribution in [2.24, 2.45) is 11.3 Å². The van der Waals surface area contributed by atoms with Crippen molar-refractivity contribution in [3.05, 3.63) is 72.1 Å². The number of fused-ring (bicyclic) bond motifs is 1. The highest BCUT2D eigenvalue weighted by Gasteiger charge is 2.59. The van der Waals surface area contributed by atoms with Gasteiger partial charge >= 0.3 is 0 Å². The summed E-state index contributed by atoms with van der Waals surface area (Å²) >= 11 is 0. The van der Waals surface area contributed by atoms with Crippen LogP contribution in [0.1, 0.15) is 36.8 Å². The molecule has 7 rings (SSSR count). The fourth-order valence-corrected chi connectivity index (χ4v) is 6.47. The lowest BCUT2D eigenvalue weighted by atomic mass is 9.94. The second-order valence-corrected chi connectivity index (χ2v) is 11.7. The number of pyridine rings is 1. The van der Waals surface area contributed by atoms with Crippen molar-refractivity contribution < 1.29 is 14.3 Å². The summed E-state index contributed by atoms with van der Waals surface area (Å²) in [6.07, 6.45) is 8.12. The molecule has 2 N–H and O–H groups in total. The number of ketones is 1. The maximum absolute atomic E-state index is 13.3. The third-order valence-corrected chi connectivity index (χ3v) is 8.91. The number of anilines is 1. The minimum atomic E-state index is 0.103. The summed E-state index contributed by atoms with van der Waals surface area (Å²) in [5.41, 5.74) is 3.67. The topological polar surface area (TPSA) is 98.3 Å².